The fourth-order valence-electron chi connectivity index (χ4n) is 1.63. The number of hydrazine groups is 1. The molecule has 0 atom stereocenters. The number of esters is 1. The highest BCUT2D eigenvalue weighted by atomic mass is 35.5. The smallest absolute Gasteiger partial charge is 0.310 e. The summed E-state index contributed by atoms with van der Waals surface area (Å²) in [5.41, 5.74) is 4.82. The number of furan rings is 1. The van der Waals surface area contributed by atoms with Crippen LogP contribution in [0.5, 0.6) is 0 Å². The van der Waals surface area contributed by atoms with Gasteiger partial charge in [0.25, 0.3) is 5.91 Å². The van der Waals surface area contributed by atoms with E-state index in [-0.39, 0.29) is 12.2 Å². The zero-order valence-electron chi connectivity index (χ0n) is 11.9. The first kappa shape index (κ1) is 16.6. The number of hydrogen-bond acceptors (Lipinski definition) is 5. The number of carbonyl (C=O) groups excluding carboxylic acids is 3. The van der Waals surface area contributed by atoms with E-state index in [0.29, 0.717) is 10.6 Å². The summed E-state index contributed by atoms with van der Waals surface area (Å²) in [4.78, 5) is 34.6. The van der Waals surface area contributed by atoms with Crippen molar-refractivity contribution in [3.63, 3.8) is 0 Å². The number of hydrogen-bond donors (Lipinski definition) is 2. The summed E-state index contributed by atoms with van der Waals surface area (Å²) in [7, 11) is 0. The summed E-state index contributed by atoms with van der Waals surface area (Å²) in [5, 5.41) is 0.444. The molecular weight excluding hydrogens is 324 g/mol. The fraction of sp³-hybridized carbons (Fsp3) is 0.133. The quantitative estimate of drug-likeness (QED) is 0.636. The average Bonchev–Trinajstić information content (AvgIpc) is 3.07. The zero-order valence-corrected chi connectivity index (χ0v) is 12.6. The van der Waals surface area contributed by atoms with Crippen LogP contribution in [0.3, 0.4) is 0 Å². The number of nitrogens with one attached hydrogen (secondary N) is 2. The second-order valence-corrected chi connectivity index (χ2v) is 4.82. The number of rotatable bonds is 5. The van der Waals surface area contributed by atoms with E-state index in [1.54, 1.807) is 24.3 Å². The van der Waals surface area contributed by atoms with E-state index in [0.717, 1.165) is 0 Å². The molecule has 2 rings (SSSR count). The molecule has 0 radical (unpaired) electrons. The molecule has 0 aliphatic rings. The van der Waals surface area contributed by atoms with Crippen LogP contribution in [0.4, 0.5) is 0 Å². The molecule has 1 heterocycles. The third-order valence-corrected chi connectivity index (χ3v) is 3.09. The van der Waals surface area contributed by atoms with Crippen LogP contribution in [-0.2, 0) is 20.7 Å². The third kappa shape index (κ3) is 5.15. The maximum atomic E-state index is 11.6. The van der Waals surface area contributed by atoms with Crippen LogP contribution in [0.25, 0.3) is 0 Å². The van der Waals surface area contributed by atoms with E-state index in [1.807, 2.05) is 0 Å². The number of halogens is 1. The number of benzene rings is 1. The molecule has 0 fully saturated rings. The summed E-state index contributed by atoms with van der Waals surface area (Å²) in [6.07, 6.45) is 1.28. The molecule has 0 aliphatic heterocycles. The SMILES string of the molecule is O=C(COC(=O)Cc1ccccc1Cl)NNC(=O)c1ccco1. The van der Waals surface area contributed by atoms with Gasteiger partial charge in [0, 0.05) is 5.02 Å². The Hall–Kier alpha value is -2.80. The Balaban J connectivity index is 1.71. The first-order valence-corrected chi connectivity index (χ1v) is 6.96. The number of ether oxygens (including phenoxy) is 1. The van der Waals surface area contributed by atoms with Gasteiger partial charge in [0.15, 0.2) is 12.4 Å². The van der Waals surface area contributed by atoms with E-state index < -0.39 is 24.4 Å². The van der Waals surface area contributed by atoms with E-state index in [9.17, 15) is 14.4 Å². The Bertz CT molecular complexity index is 700. The Morgan fingerprint density at radius 2 is 1.87 bits per heavy atom. The fourth-order valence-corrected chi connectivity index (χ4v) is 1.83. The molecule has 7 nitrogen and oxygen atoms in total. The van der Waals surface area contributed by atoms with Crippen molar-refractivity contribution in [2.75, 3.05) is 6.61 Å². The van der Waals surface area contributed by atoms with E-state index in [1.165, 1.54) is 18.4 Å². The lowest BCUT2D eigenvalue weighted by atomic mass is 10.1. The molecule has 2 amide bonds. The molecule has 1 aromatic heterocycles. The van der Waals surface area contributed by atoms with E-state index >= 15 is 0 Å². The molecule has 0 unspecified atom stereocenters. The van der Waals surface area contributed by atoms with Crippen molar-refractivity contribution < 1.29 is 23.5 Å². The Labute approximate surface area is 136 Å². The van der Waals surface area contributed by atoms with Crippen LogP contribution in [0, 0.1) is 0 Å². The molecule has 1 aromatic carbocycles. The normalized spacial score (nSPS) is 9.96. The summed E-state index contributed by atoms with van der Waals surface area (Å²) in [6, 6.07) is 9.80. The van der Waals surface area contributed by atoms with Crippen molar-refractivity contribution in [2.24, 2.45) is 0 Å². The lowest BCUT2D eigenvalue weighted by molar-refractivity contribution is -0.148. The molecule has 8 heteroatoms. The van der Waals surface area contributed by atoms with Gasteiger partial charge in [0.1, 0.15) is 0 Å². The van der Waals surface area contributed by atoms with Gasteiger partial charge < -0.3 is 9.15 Å². The molecule has 2 aromatic rings. The van der Waals surface area contributed by atoms with Crippen LogP contribution in [0.1, 0.15) is 16.1 Å². The van der Waals surface area contributed by atoms with Crippen LogP contribution in [0.15, 0.2) is 47.1 Å². The van der Waals surface area contributed by atoms with Gasteiger partial charge >= 0.3 is 11.9 Å². The minimum atomic E-state index is -0.683. The highest BCUT2D eigenvalue weighted by Crippen LogP contribution is 2.15. The van der Waals surface area contributed by atoms with Crippen LogP contribution in [0.2, 0.25) is 5.02 Å². The monoisotopic (exact) mass is 336 g/mol. The van der Waals surface area contributed by atoms with Gasteiger partial charge in [-0.15, -0.1) is 0 Å². The van der Waals surface area contributed by atoms with Crippen molar-refractivity contribution in [3.8, 4) is 0 Å². The minimum absolute atomic E-state index is 0.0426. The second-order valence-electron chi connectivity index (χ2n) is 4.41. The molecule has 120 valence electrons. The summed E-state index contributed by atoms with van der Waals surface area (Å²) >= 11 is 5.92. The Morgan fingerprint density at radius 3 is 2.57 bits per heavy atom. The van der Waals surface area contributed by atoms with Crippen molar-refractivity contribution in [2.45, 2.75) is 6.42 Å². The third-order valence-electron chi connectivity index (χ3n) is 2.72. The minimum Gasteiger partial charge on any atom is -0.459 e. The number of carbonyl (C=O) groups is 3. The summed E-state index contributed by atoms with van der Waals surface area (Å²) in [6.45, 7) is -0.526. The van der Waals surface area contributed by atoms with Crippen LogP contribution >= 0.6 is 11.6 Å². The van der Waals surface area contributed by atoms with Gasteiger partial charge in [0.05, 0.1) is 12.7 Å². The predicted octanol–water partition coefficient (Wildman–Crippen LogP) is 1.48. The highest BCUT2D eigenvalue weighted by Gasteiger charge is 2.12. The first-order valence-electron chi connectivity index (χ1n) is 6.58. The Kier molecular flexibility index (Phi) is 5.76. The van der Waals surface area contributed by atoms with Crippen LogP contribution in [-0.4, -0.2) is 24.4 Å². The highest BCUT2D eigenvalue weighted by molar-refractivity contribution is 6.31. The topological polar surface area (TPSA) is 97.6 Å². The van der Waals surface area contributed by atoms with Gasteiger partial charge in [-0.1, -0.05) is 29.8 Å². The maximum Gasteiger partial charge on any atom is 0.310 e. The molecular formula is C15H13ClN2O5. The molecule has 0 saturated carbocycles. The summed E-state index contributed by atoms with van der Waals surface area (Å²) in [5.74, 6) is -1.87. The van der Waals surface area contributed by atoms with Crippen molar-refractivity contribution in [1.82, 2.24) is 10.9 Å². The largest absolute Gasteiger partial charge is 0.459 e. The molecule has 0 bridgehead atoms. The molecule has 0 aliphatic carbocycles. The molecule has 0 saturated heterocycles. The molecule has 2 N–H and O–H groups in total. The number of amides is 2. The maximum absolute atomic E-state index is 11.6. The Morgan fingerprint density at radius 1 is 1.09 bits per heavy atom. The second kappa shape index (κ2) is 8.00. The van der Waals surface area contributed by atoms with Gasteiger partial charge in [-0.25, -0.2) is 0 Å². The lowest BCUT2D eigenvalue weighted by Gasteiger charge is -2.07. The van der Waals surface area contributed by atoms with Crippen molar-refractivity contribution in [3.05, 3.63) is 59.0 Å². The van der Waals surface area contributed by atoms with Crippen molar-refractivity contribution >= 4 is 29.4 Å². The van der Waals surface area contributed by atoms with E-state index in [2.05, 4.69) is 10.9 Å². The van der Waals surface area contributed by atoms with Gasteiger partial charge in [-0.2, -0.15) is 0 Å². The summed E-state index contributed by atoms with van der Waals surface area (Å²) < 4.78 is 9.64. The predicted molar refractivity (Wildman–Crippen MR) is 80.4 cm³/mol. The van der Waals surface area contributed by atoms with E-state index in [4.69, 9.17) is 20.8 Å². The average molecular weight is 337 g/mol. The van der Waals surface area contributed by atoms with Crippen LogP contribution < -0.4 is 10.9 Å². The lowest BCUT2D eigenvalue weighted by Crippen LogP contribution is -2.43. The first-order chi connectivity index (χ1) is 11.1. The zero-order chi connectivity index (χ0) is 16.7. The standard InChI is InChI=1S/C15H13ClN2O5/c16-11-5-2-1-4-10(11)8-14(20)23-9-13(19)17-18-15(21)12-6-3-7-22-12/h1-7H,8-9H2,(H,17,19)(H,18,21). The van der Waals surface area contributed by atoms with Gasteiger partial charge in [0.2, 0.25) is 0 Å². The molecule has 0 spiro atoms. The molecule has 23 heavy (non-hydrogen) atoms. The van der Waals surface area contributed by atoms with Crippen molar-refractivity contribution in [1.29, 1.82) is 0 Å². The van der Waals surface area contributed by atoms with Gasteiger partial charge in [-0.05, 0) is 23.8 Å². The van der Waals surface area contributed by atoms with Gasteiger partial charge in [-0.3, -0.25) is 25.2 Å².